The lowest BCUT2D eigenvalue weighted by Crippen LogP contribution is -1.98. The molecule has 6 nitrogen and oxygen atoms in total. The second-order valence-electron chi connectivity index (χ2n) is 2.99. The van der Waals surface area contributed by atoms with Gasteiger partial charge in [0.05, 0.1) is 12.2 Å². The van der Waals surface area contributed by atoms with E-state index in [0.717, 1.165) is 0 Å². The molecule has 6 heteroatoms. The summed E-state index contributed by atoms with van der Waals surface area (Å²) in [5, 5.41) is 12.7. The first kappa shape index (κ1) is 11.9. The number of carbonyl (C=O) groups is 1. The molecule has 0 atom stereocenters. The average molecular weight is 221 g/mol. The van der Waals surface area contributed by atoms with Crippen molar-refractivity contribution in [3.8, 4) is 11.5 Å². The number of nitrogens with zero attached hydrogens (tertiary/aromatic N) is 3. The van der Waals surface area contributed by atoms with Crippen LogP contribution in [0.5, 0.6) is 11.5 Å². The Morgan fingerprint density at radius 2 is 2.38 bits per heavy atom. The molecular weight excluding hydrogens is 210 g/mol. The van der Waals surface area contributed by atoms with E-state index in [1.54, 1.807) is 6.07 Å². The molecule has 0 aliphatic rings. The number of hydrogen-bond donors (Lipinski definition) is 1. The van der Waals surface area contributed by atoms with Crippen LogP contribution in [0.4, 0.5) is 0 Å². The first-order valence-corrected chi connectivity index (χ1v) is 4.70. The normalized spacial score (nSPS) is 9.25. The molecular formula is C10H11N3O3. The van der Waals surface area contributed by atoms with Gasteiger partial charge in [-0.1, -0.05) is 5.11 Å². The Morgan fingerprint density at radius 1 is 1.56 bits per heavy atom. The number of azide groups is 1. The van der Waals surface area contributed by atoms with Gasteiger partial charge in [-0.2, -0.15) is 0 Å². The molecule has 0 radical (unpaired) electrons. The lowest BCUT2D eigenvalue weighted by atomic mass is 10.2. The molecule has 1 aromatic carbocycles. The molecule has 1 N–H and O–H groups in total. The van der Waals surface area contributed by atoms with Crippen molar-refractivity contribution in [1.82, 2.24) is 0 Å². The van der Waals surface area contributed by atoms with Crippen LogP contribution in [0.2, 0.25) is 0 Å². The van der Waals surface area contributed by atoms with E-state index in [4.69, 9.17) is 10.3 Å². The van der Waals surface area contributed by atoms with Gasteiger partial charge in [-0.15, -0.1) is 0 Å². The quantitative estimate of drug-likeness (QED) is 0.262. The maximum absolute atomic E-state index is 10.4. The SMILES string of the molecule is [N-]=[N+]=NCCCOc1ccc(C=O)c(O)c1. The van der Waals surface area contributed by atoms with Crippen LogP contribution in [-0.2, 0) is 0 Å². The fraction of sp³-hybridized carbons (Fsp3) is 0.300. The molecule has 16 heavy (non-hydrogen) atoms. The number of ether oxygens (including phenoxy) is 1. The summed E-state index contributed by atoms with van der Waals surface area (Å²) in [7, 11) is 0. The van der Waals surface area contributed by atoms with Crippen LogP contribution in [0.1, 0.15) is 16.8 Å². The second-order valence-corrected chi connectivity index (χ2v) is 2.99. The van der Waals surface area contributed by atoms with E-state index in [9.17, 15) is 9.90 Å². The topological polar surface area (TPSA) is 95.3 Å². The molecule has 0 saturated carbocycles. The number of rotatable bonds is 6. The van der Waals surface area contributed by atoms with E-state index in [2.05, 4.69) is 10.0 Å². The first-order chi connectivity index (χ1) is 7.77. The van der Waals surface area contributed by atoms with E-state index in [0.29, 0.717) is 31.6 Å². The number of aldehydes is 1. The Balaban J connectivity index is 2.45. The van der Waals surface area contributed by atoms with Gasteiger partial charge in [0.15, 0.2) is 6.29 Å². The first-order valence-electron chi connectivity index (χ1n) is 4.70. The van der Waals surface area contributed by atoms with Crippen LogP contribution in [0.3, 0.4) is 0 Å². The van der Waals surface area contributed by atoms with Gasteiger partial charge in [0.25, 0.3) is 0 Å². The third-order valence-electron chi connectivity index (χ3n) is 1.86. The molecule has 1 aromatic rings. The fourth-order valence-electron chi connectivity index (χ4n) is 1.08. The highest BCUT2D eigenvalue weighted by atomic mass is 16.5. The highest BCUT2D eigenvalue weighted by Crippen LogP contribution is 2.22. The number of hydrogen-bond acceptors (Lipinski definition) is 4. The second kappa shape index (κ2) is 6.31. The van der Waals surface area contributed by atoms with Crippen LogP contribution in [-0.4, -0.2) is 24.5 Å². The van der Waals surface area contributed by atoms with Crippen molar-refractivity contribution in [2.24, 2.45) is 5.11 Å². The van der Waals surface area contributed by atoms with Crippen molar-refractivity contribution in [3.63, 3.8) is 0 Å². The van der Waals surface area contributed by atoms with E-state index < -0.39 is 0 Å². The third kappa shape index (κ3) is 3.51. The van der Waals surface area contributed by atoms with E-state index >= 15 is 0 Å². The molecule has 0 bridgehead atoms. The molecule has 0 spiro atoms. The molecule has 84 valence electrons. The fourth-order valence-corrected chi connectivity index (χ4v) is 1.08. The molecule has 0 amide bonds. The number of aromatic hydroxyl groups is 1. The maximum atomic E-state index is 10.4. The Hall–Kier alpha value is -2.20. The zero-order valence-corrected chi connectivity index (χ0v) is 8.54. The summed E-state index contributed by atoms with van der Waals surface area (Å²) >= 11 is 0. The van der Waals surface area contributed by atoms with Crippen LogP contribution < -0.4 is 4.74 Å². The van der Waals surface area contributed by atoms with Gasteiger partial charge in [-0.25, -0.2) is 0 Å². The van der Waals surface area contributed by atoms with Gasteiger partial charge in [-0.05, 0) is 24.1 Å². The van der Waals surface area contributed by atoms with Gasteiger partial charge in [-0.3, -0.25) is 4.79 Å². The predicted molar refractivity (Wildman–Crippen MR) is 57.6 cm³/mol. The van der Waals surface area contributed by atoms with Crippen molar-refractivity contribution in [2.75, 3.05) is 13.2 Å². The van der Waals surface area contributed by atoms with Crippen LogP contribution >= 0.6 is 0 Å². The molecule has 0 unspecified atom stereocenters. The number of carbonyl (C=O) groups excluding carboxylic acids is 1. The van der Waals surface area contributed by atoms with Crippen molar-refractivity contribution >= 4 is 6.29 Å². The summed E-state index contributed by atoms with van der Waals surface area (Å²) in [5.41, 5.74) is 8.25. The zero-order chi connectivity index (χ0) is 11.8. The lowest BCUT2D eigenvalue weighted by Gasteiger charge is -2.05. The molecule has 0 aliphatic heterocycles. The average Bonchev–Trinajstić information content (AvgIpc) is 2.29. The molecule has 0 fully saturated rings. The summed E-state index contributed by atoms with van der Waals surface area (Å²) in [6.45, 7) is 0.758. The van der Waals surface area contributed by atoms with Crippen molar-refractivity contribution in [3.05, 3.63) is 34.2 Å². The van der Waals surface area contributed by atoms with E-state index in [1.807, 2.05) is 0 Å². The Labute approximate surface area is 92.1 Å². The smallest absolute Gasteiger partial charge is 0.153 e. The largest absolute Gasteiger partial charge is 0.507 e. The minimum absolute atomic E-state index is 0.109. The summed E-state index contributed by atoms with van der Waals surface area (Å²) in [6.07, 6.45) is 1.17. The minimum atomic E-state index is -0.109. The molecule has 0 heterocycles. The summed E-state index contributed by atoms with van der Waals surface area (Å²) in [5.74, 6) is 0.367. The standard InChI is InChI=1S/C10H11N3O3/c11-13-12-4-1-5-16-9-3-2-8(7-14)10(15)6-9/h2-3,6-7,15H,1,4-5H2. The maximum Gasteiger partial charge on any atom is 0.153 e. The van der Waals surface area contributed by atoms with Crippen molar-refractivity contribution in [1.29, 1.82) is 0 Å². The predicted octanol–water partition coefficient (Wildman–Crippen LogP) is 2.28. The van der Waals surface area contributed by atoms with Gasteiger partial charge in [0.2, 0.25) is 0 Å². The monoisotopic (exact) mass is 221 g/mol. The van der Waals surface area contributed by atoms with Crippen molar-refractivity contribution in [2.45, 2.75) is 6.42 Å². The van der Waals surface area contributed by atoms with Crippen LogP contribution in [0.15, 0.2) is 23.3 Å². The highest BCUT2D eigenvalue weighted by molar-refractivity contribution is 5.79. The third-order valence-corrected chi connectivity index (χ3v) is 1.86. The van der Waals surface area contributed by atoms with Gasteiger partial charge >= 0.3 is 0 Å². The summed E-state index contributed by atoms with van der Waals surface area (Å²) in [6, 6.07) is 4.44. The molecule has 0 aliphatic carbocycles. The zero-order valence-electron chi connectivity index (χ0n) is 8.54. The van der Waals surface area contributed by atoms with E-state index in [-0.39, 0.29) is 11.3 Å². The van der Waals surface area contributed by atoms with Gasteiger partial charge in [0, 0.05) is 17.5 Å². The Kier molecular flexibility index (Phi) is 4.69. The lowest BCUT2D eigenvalue weighted by molar-refractivity contribution is 0.112. The van der Waals surface area contributed by atoms with E-state index in [1.165, 1.54) is 12.1 Å². The highest BCUT2D eigenvalue weighted by Gasteiger charge is 2.01. The summed E-state index contributed by atoms with van der Waals surface area (Å²) in [4.78, 5) is 13.0. The Bertz CT molecular complexity index is 414. The molecule has 1 rings (SSSR count). The van der Waals surface area contributed by atoms with Crippen LogP contribution in [0, 0.1) is 0 Å². The molecule has 0 saturated heterocycles. The number of phenols is 1. The Morgan fingerprint density at radius 3 is 3.00 bits per heavy atom. The molecule has 0 aromatic heterocycles. The van der Waals surface area contributed by atoms with Crippen molar-refractivity contribution < 1.29 is 14.6 Å². The number of benzene rings is 1. The number of phenolic OH excluding ortho intramolecular Hbond substituents is 1. The van der Waals surface area contributed by atoms with Gasteiger partial charge < -0.3 is 9.84 Å². The summed E-state index contributed by atoms with van der Waals surface area (Å²) < 4.78 is 5.27. The minimum Gasteiger partial charge on any atom is -0.507 e. The van der Waals surface area contributed by atoms with Crippen LogP contribution in [0.25, 0.3) is 10.4 Å². The van der Waals surface area contributed by atoms with Gasteiger partial charge in [0.1, 0.15) is 11.5 Å².